The van der Waals surface area contributed by atoms with Crippen LogP contribution in [0.25, 0.3) is 233 Å². The number of nitrogens with zero attached hydrogens (tertiary/aromatic N) is 12. The first-order valence-corrected chi connectivity index (χ1v) is 46.9. The van der Waals surface area contributed by atoms with Gasteiger partial charge in [0.1, 0.15) is 11.6 Å². The quantitative estimate of drug-likeness (QED) is 0.0846. The Labute approximate surface area is 807 Å². The molecular formula is C127H92N12. The first-order chi connectivity index (χ1) is 68.3. The summed E-state index contributed by atoms with van der Waals surface area (Å²) in [6.07, 6.45) is 3.88. The van der Waals surface area contributed by atoms with Gasteiger partial charge in [-0.1, -0.05) is 341 Å². The van der Waals surface area contributed by atoms with Crippen LogP contribution in [0.2, 0.25) is 0 Å². The average molecular weight is 1790 g/mol. The normalized spacial score (nSPS) is 11.3. The van der Waals surface area contributed by atoms with E-state index in [1.54, 1.807) is 0 Å². The third-order valence-electron chi connectivity index (χ3n) is 25.4. The van der Waals surface area contributed by atoms with Gasteiger partial charge < -0.3 is 0 Å². The monoisotopic (exact) mass is 1780 g/mol. The molecule has 6 aromatic heterocycles. The van der Waals surface area contributed by atoms with E-state index in [-0.39, 0.29) is 5.92 Å². The largest absolute Gasteiger partial charge is 0.240 e. The molecule has 0 atom stereocenters. The number of hydrogen-bond donors (Lipinski definition) is 0. The maximum absolute atomic E-state index is 5.18. The molecule has 660 valence electrons. The van der Waals surface area contributed by atoms with Crippen LogP contribution in [0.4, 0.5) is 0 Å². The first-order valence-electron chi connectivity index (χ1n) is 46.9. The Bertz CT molecular complexity index is 8190. The lowest BCUT2D eigenvalue weighted by Gasteiger charge is -2.15. The number of benzene rings is 18. The van der Waals surface area contributed by atoms with Crippen molar-refractivity contribution in [3.8, 4) is 169 Å². The van der Waals surface area contributed by atoms with Gasteiger partial charge in [0.05, 0.1) is 39.9 Å². The second-order valence-electron chi connectivity index (χ2n) is 35.5. The van der Waals surface area contributed by atoms with Crippen LogP contribution >= 0.6 is 0 Å². The molecule has 0 aliphatic carbocycles. The van der Waals surface area contributed by atoms with E-state index < -0.39 is 0 Å². The van der Waals surface area contributed by atoms with Crippen LogP contribution < -0.4 is 0 Å². The van der Waals surface area contributed by atoms with Gasteiger partial charge >= 0.3 is 0 Å². The molecule has 139 heavy (non-hydrogen) atoms. The molecule has 0 bridgehead atoms. The molecule has 0 aliphatic rings. The van der Waals surface area contributed by atoms with E-state index in [4.69, 9.17) is 54.8 Å². The fourth-order valence-corrected chi connectivity index (χ4v) is 18.8. The molecule has 0 aliphatic heterocycles. The molecule has 0 fully saturated rings. The van der Waals surface area contributed by atoms with Gasteiger partial charge in [-0.25, -0.2) is 59.8 Å². The molecular weight excluding hydrogens is 1690 g/mol. The number of aryl methyl sites for hydroxylation is 4. The van der Waals surface area contributed by atoms with Crippen LogP contribution in [-0.4, -0.2) is 59.8 Å². The summed E-state index contributed by atoms with van der Waals surface area (Å²) >= 11 is 0. The van der Waals surface area contributed by atoms with Crippen LogP contribution in [-0.2, 0) is 0 Å². The zero-order chi connectivity index (χ0) is 93.8. The van der Waals surface area contributed by atoms with E-state index in [1.165, 1.54) is 70.2 Å². The third kappa shape index (κ3) is 18.3. The topological polar surface area (TPSA) is 155 Å². The molecule has 0 saturated heterocycles. The first kappa shape index (κ1) is 86.4. The van der Waals surface area contributed by atoms with Gasteiger partial charge in [0, 0.05) is 102 Å². The minimum Gasteiger partial charge on any atom is -0.240 e. The molecule has 6 heterocycles. The number of fused-ring (bicyclic) bond motifs is 9. The third-order valence-corrected chi connectivity index (χ3v) is 25.4. The van der Waals surface area contributed by atoms with Gasteiger partial charge in [-0.3, -0.25) is 0 Å². The van der Waals surface area contributed by atoms with Gasteiger partial charge in [0.15, 0.2) is 23.3 Å². The van der Waals surface area contributed by atoms with Crippen molar-refractivity contribution < 1.29 is 0 Å². The molecule has 12 heteroatoms. The molecule has 18 aromatic carbocycles. The number of rotatable bonds is 16. The van der Waals surface area contributed by atoms with Gasteiger partial charge in [-0.15, -0.1) is 0 Å². The van der Waals surface area contributed by atoms with Crippen LogP contribution in [0, 0.1) is 27.7 Å². The summed E-state index contributed by atoms with van der Waals surface area (Å²) in [5.74, 6) is 4.52. The molecule has 0 spiro atoms. The zero-order valence-corrected chi connectivity index (χ0v) is 77.6. The lowest BCUT2D eigenvalue weighted by Crippen LogP contribution is -1.98. The maximum atomic E-state index is 5.18. The van der Waals surface area contributed by atoms with E-state index in [2.05, 4.69) is 328 Å². The average Bonchev–Trinajstić information content (AvgIpc) is 0.758. The lowest BCUT2D eigenvalue weighted by molar-refractivity contribution is 0.775. The highest BCUT2D eigenvalue weighted by Crippen LogP contribution is 2.45. The van der Waals surface area contributed by atoms with Crippen LogP contribution in [0.15, 0.2) is 443 Å². The van der Waals surface area contributed by atoms with Crippen LogP contribution in [0.5, 0.6) is 0 Å². The molecule has 24 aromatic rings. The van der Waals surface area contributed by atoms with Crippen molar-refractivity contribution >= 4 is 64.6 Å². The van der Waals surface area contributed by atoms with E-state index in [0.29, 0.717) is 23.3 Å². The van der Waals surface area contributed by atoms with Gasteiger partial charge in [0.2, 0.25) is 0 Å². The predicted octanol–water partition coefficient (Wildman–Crippen LogP) is 32.1. The SMILES string of the molecule is CC(C)c1ncc(-c2cc(-c3cc(-c4ccccc4)nc(-c4ccccc4)n3)cc(-c3cc4ccccc4c4ccccc34)c2)cn1.Cc1cc(-c2cc(-c3nc(-c4ccccc4)cc(-c4ccccc4)n3)cc(-c3cc4ccccc4c4ccccc34)c2)nc(C)n1.Cc1cc(C)nc(-c2cc(-c3nc(-c4ccccc4)cc(-c4ccccc4)n3)cc(-c3cc4ccccc4c4ccccc34)c2)n1. The summed E-state index contributed by atoms with van der Waals surface area (Å²) in [6.45, 7) is 12.2. The molecule has 0 amide bonds. The molecule has 0 unspecified atom stereocenters. The van der Waals surface area contributed by atoms with Crippen molar-refractivity contribution in [1.82, 2.24) is 59.8 Å². The Morgan fingerprint density at radius 2 is 0.410 bits per heavy atom. The van der Waals surface area contributed by atoms with Crippen LogP contribution in [0.1, 0.15) is 48.5 Å². The number of hydrogen-bond acceptors (Lipinski definition) is 12. The molecule has 0 N–H and O–H groups in total. The summed E-state index contributed by atoms with van der Waals surface area (Å²) in [5, 5.41) is 14.6. The fourth-order valence-electron chi connectivity index (χ4n) is 18.8. The van der Waals surface area contributed by atoms with E-state index >= 15 is 0 Å². The Morgan fingerprint density at radius 3 is 0.748 bits per heavy atom. The molecule has 24 rings (SSSR count). The van der Waals surface area contributed by atoms with Crippen LogP contribution in [0.3, 0.4) is 0 Å². The van der Waals surface area contributed by atoms with Crippen molar-refractivity contribution in [2.75, 3.05) is 0 Å². The van der Waals surface area contributed by atoms with Gasteiger partial charge in [-0.2, -0.15) is 0 Å². The Hall–Kier alpha value is -18.0. The maximum Gasteiger partial charge on any atom is 0.160 e. The van der Waals surface area contributed by atoms with E-state index in [0.717, 1.165) is 169 Å². The zero-order valence-electron chi connectivity index (χ0n) is 77.6. The van der Waals surface area contributed by atoms with E-state index in [9.17, 15) is 0 Å². The standard InChI is InChI=1S/C43H32N4.2C42H30N4/c1-28(2)42-44-26-35(27-45-42)32-21-33(39-24-31-17-9-10-18-36(31)37-19-11-12-20-38(37)39)23-34(22-32)41-25-40(29-13-5-3-6-14-29)46-43(47-41)30-15-7-4-8-16-30;1-27-21-39(44-28(2)43-27)33-22-32(38-25-31-17-9-10-18-35(31)36-19-11-12-20-37(36)38)23-34(24-33)42-45-40(29-13-5-3-6-14-29)26-41(46-42)30-15-7-4-8-16-30;1-27-21-28(2)44-41(43-27)33-22-32(38-25-31-17-9-10-18-35(31)36-19-11-12-20-37(36)38)23-34(24-33)42-45-39(29-13-5-3-6-14-29)26-40(46-42)30-15-7-4-8-16-30/h3-28H,1-2H3;2*3-26H,1-2H3. The summed E-state index contributed by atoms with van der Waals surface area (Å²) in [6, 6.07) is 150. The van der Waals surface area contributed by atoms with Gasteiger partial charge in [-0.05, 0) is 234 Å². The lowest BCUT2D eigenvalue weighted by atomic mass is 9.90. The van der Waals surface area contributed by atoms with Crippen molar-refractivity contribution in [3.05, 3.63) is 472 Å². The smallest absolute Gasteiger partial charge is 0.160 e. The summed E-state index contributed by atoms with van der Waals surface area (Å²) in [4.78, 5) is 59.5. The predicted molar refractivity (Wildman–Crippen MR) is 572 cm³/mol. The Morgan fingerprint density at radius 1 is 0.165 bits per heavy atom. The Balaban J connectivity index is 0.000000120. The highest BCUT2D eigenvalue weighted by Gasteiger charge is 2.23. The minimum absolute atomic E-state index is 0.253. The van der Waals surface area contributed by atoms with Crippen molar-refractivity contribution in [2.45, 2.75) is 47.5 Å². The highest BCUT2D eigenvalue weighted by molar-refractivity contribution is 6.17. The summed E-state index contributed by atoms with van der Waals surface area (Å²) in [5.41, 5.74) is 28.5. The van der Waals surface area contributed by atoms with Crippen molar-refractivity contribution in [3.63, 3.8) is 0 Å². The molecule has 0 saturated carbocycles. The van der Waals surface area contributed by atoms with Gasteiger partial charge in [0.25, 0.3) is 0 Å². The second-order valence-corrected chi connectivity index (χ2v) is 35.5. The van der Waals surface area contributed by atoms with E-state index in [1.807, 2.05) is 161 Å². The highest BCUT2D eigenvalue weighted by atomic mass is 14.9. The molecule has 0 radical (unpaired) electrons. The summed E-state index contributed by atoms with van der Waals surface area (Å²) in [7, 11) is 0. The second kappa shape index (κ2) is 38.2. The Kier molecular flexibility index (Phi) is 23.7. The van der Waals surface area contributed by atoms with Crippen molar-refractivity contribution in [1.29, 1.82) is 0 Å². The minimum atomic E-state index is 0.253. The summed E-state index contributed by atoms with van der Waals surface area (Å²) < 4.78 is 0. The van der Waals surface area contributed by atoms with Crippen molar-refractivity contribution in [2.24, 2.45) is 0 Å². The fraction of sp³-hybridized carbons (Fsp3) is 0.0551. The number of aromatic nitrogens is 12. The molecule has 12 nitrogen and oxygen atoms in total.